The van der Waals surface area contributed by atoms with Crippen LogP contribution in [0, 0.1) is 13.8 Å². The third-order valence-electron chi connectivity index (χ3n) is 3.59. The third kappa shape index (κ3) is 3.46. The van der Waals surface area contributed by atoms with Crippen LogP contribution in [0.5, 0.6) is 0 Å². The molecule has 0 saturated carbocycles. The van der Waals surface area contributed by atoms with E-state index in [4.69, 9.17) is 4.74 Å². The molecule has 4 nitrogen and oxygen atoms in total. The Morgan fingerprint density at radius 1 is 1.20 bits per heavy atom. The number of methoxy groups -OCH3 is 1. The van der Waals surface area contributed by atoms with Gasteiger partial charge in [0.1, 0.15) is 0 Å². The van der Waals surface area contributed by atoms with Crippen LogP contribution in [0.25, 0.3) is 0 Å². The summed E-state index contributed by atoms with van der Waals surface area (Å²) in [6, 6.07) is 8.48. The van der Waals surface area contributed by atoms with Crippen molar-refractivity contribution < 1.29 is 4.74 Å². The SMILES string of the molecule is COCc1cccc(CNCc2c(C)nn(C)c2C)c1. The summed E-state index contributed by atoms with van der Waals surface area (Å²) < 4.78 is 7.10. The number of rotatable bonds is 6. The maximum Gasteiger partial charge on any atom is 0.0713 e. The van der Waals surface area contributed by atoms with Crippen LogP contribution in [-0.2, 0) is 31.5 Å². The van der Waals surface area contributed by atoms with Gasteiger partial charge in [0.05, 0.1) is 12.3 Å². The van der Waals surface area contributed by atoms with Gasteiger partial charge in [-0.1, -0.05) is 24.3 Å². The zero-order valence-electron chi connectivity index (χ0n) is 12.7. The molecule has 0 amide bonds. The van der Waals surface area contributed by atoms with E-state index in [9.17, 15) is 0 Å². The van der Waals surface area contributed by atoms with Gasteiger partial charge in [0, 0.05) is 38.5 Å². The molecule has 0 fully saturated rings. The Morgan fingerprint density at radius 2 is 1.95 bits per heavy atom. The zero-order valence-corrected chi connectivity index (χ0v) is 12.7. The minimum absolute atomic E-state index is 0.661. The molecular weight excluding hydrogens is 250 g/mol. The summed E-state index contributed by atoms with van der Waals surface area (Å²) in [4.78, 5) is 0. The first-order chi connectivity index (χ1) is 9.61. The number of aromatic nitrogens is 2. The van der Waals surface area contributed by atoms with Gasteiger partial charge in [-0.05, 0) is 25.0 Å². The van der Waals surface area contributed by atoms with Crippen molar-refractivity contribution >= 4 is 0 Å². The second-order valence-electron chi connectivity index (χ2n) is 5.13. The van der Waals surface area contributed by atoms with E-state index in [2.05, 4.69) is 48.5 Å². The van der Waals surface area contributed by atoms with Gasteiger partial charge in [-0.2, -0.15) is 5.10 Å². The van der Waals surface area contributed by atoms with Crippen LogP contribution in [0.2, 0.25) is 0 Å². The maximum absolute atomic E-state index is 5.16. The Bertz CT molecular complexity index is 575. The lowest BCUT2D eigenvalue weighted by atomic mass is 10.1. The van der Waals surface area contributed by atoms with E-state index in [1.807, 2.05) is 11.7 Å². The largest absolute Gasteiger partial charge is 0.380 e. The Kier molecular flexibility index (Phi) is 4.93. The van der Waals surface area contributed by atoms with Gasteiger partial charge in [0.25, 0.3) is 0 Å². The average molecular weight is 273 g/mol. The second kappa shape index (κ2) is 6.68. The van der Waals surface area contributed by atoms with E-state index in [1.165, 1.54) is 22.4 Å². The Morgan fingerprint density at radius 3 is 2.60 bits per heavy atom. The molecule has 108 valence electrons. The van der Waals surface area contributed by atoms with Crippen molar-refractivity contribution in [1.29, 1.82) is 0 Å². The fraction of sp³-hybridized carbons (Fsp3) is 0.438. The minimum Gasteiger partial charge on any atom is -0.380 e. The van der Waals surface area contributed by atoms with Crippen LogP contribution in [0.4, 0.5) is 0 Å². The maximum atomic E-state index is 5.16. The van der Waals surface area contributed by atoms with Crippen molar-refractivity contribution in [3.05, 3.63) is 52.3 Å². The molecule has 0 aliphatic heterocycles. The first kappa shape index (κ1) is 14.8. The van der Waals surface area contributed by atoms with Crippen LogP contribution in [0.15, 0.2) is 24.3 Å². The highest BCUT2D eigenvalue weighted by atomic mass is 16.5. The van der Waals surface area contributed by atoms with E-state index in [1.54, 1.807) is 7.11 Å². The smallest absolute Gasteiger partial charge is 0.0713 e. The lowest BCUT2D eigenvalue weighted by Crippen LogP contribution is -2.14. The summed E-state index contributed by atoms with van der Waals surface area (Å²) in [5, 5.41) is 7.92. The molecule has 2 aromatic rings. The summed E-state index contributed by atoms with van der Waals surface area (Å²) >= 11 is 0. The summed E-state index contributed by atoms with van der Waals surface area (Å²) in [6.07, 6.45) is 0. The van der Waals surface area contributed by atoms with E-state index in [0.29, 0.717) is 6.61 Å². The normalized spacial score (nSPS) is 11.0. The van der Waals surface area contributed by atoms with Crippen LogP contribution in [0.3, 0.4) is 0 Å². The number of aryl methyl sites for hydroxylation is 2. The van der Waals surface area contributed by atoms with Crippen molar-refractivity contribution in [3.63, 3.8) is 0 Å². The van der Waals surface area contributed by atoms with E-state index >= 15 is 0 Å². The third-order valence-corrected chi connectivity index (χ3v) is 3.59. The Labute approximate surface area is 120 Å². The molecule has 1 heterocycles. The fourth-order valence-electron chi connectivity index (χ4n) is 2.40. The average Bonchev–Trinajstić information content (AvgIpc) is 2.66. The molecular formula is C16H23N3O. The van der Waals surface area contributed by atoms with Crippen LogP contribution in [0.1, 0.15) is 28.1 Å². The van der Waals surface area contributed by atoms with Crippen LogP contribution < -0.4 is 5.32 Å². The van der Waals surface area contributed by atoms with Gasteiger partial charge >= 0.3 is 0 Å². The highest BCUT2D eigenvalue weighted by molar-refractivity contribution is 5.25. The summed E-state index contributed by atoms with van der Waals surface area (Å²) in [6.45, 7) is 6.53. The van der Waals surface area contributed by atoms with Crippen LogP contribution >= 0.6 is 0 Å². The van der Waals surface area contributed by atoms with Crippen LogP contribution in [-0.4, -0.2) is 16.9 Å². The minimum atomic E-state index is 0.661. The Hall–Kier alpha value is -1.65. The fourth-order valence-corrected chi connectivity index (χ4v) is 2.40. The quantitative estimate of drug-likeness (QED) is 0.879. The molecule has 0 radical (unpaired) electrons. The molecule has 0 atom stereocenters. The number of ether oxygens (including phenoxy) is 1. The predicted octanol–water partition coefficient (Wildman–Crippen LogP) is 2.47. The lowest BCUT2D eigenvalue weighted by molar-refractivity contribution is 0.185. The number of nitrogens with zero attached hydrogens (tertiary/aromatic N) is 2. The van der Waals surface area contributed by atoms with Gasteiger partial charge in [-0.25, -0.2) is 0 Å². The number of nitrogens with one attached hydrogen (secondary N) is 1. The van der Waals surface area contributed by atoms with Gasteiger partial charge in [0.2, 0.25) is 0 Å². The van der Waals surface area contributed by atoms with E-state index in [0.717, 1.165) is 18.8 Å². The second-order valence-corrected chi connectivity index (χ2v) is 5.13. The van der Waals surface area contributed by atoms with Crippen molar-refractivity contribution in [3.8, 4) is 0 Å². The van der Waals surface area contributed by atoms with Gasteiger partial charge in [0.15, 0.2) is 0 Å². The molecule has 0 unspecified atom stereocenters. The lowest BCUT2D eigenvalue weighted by Gasteiger charge is -2.07. The van der Waals surface area contributed by atoms with Crippen molar-refractivity contribution in [1.82, 2.24) is 15.1 Å². The van der Waals surface area contributed by atoms with Crippen molar-refractivity contribution in [2.45, 2.75) is 33.5 Å². The molecule has 1 aromatic heterocycles. The topological polar surface area (TPSA) is 39.1 Å². The molecule has 0 saturated heterocycles. The molecule has 1 N–H and O–H groups in total. The van der Waals surface area contributed by atoms with E-state index < -0.39 is 0 Å². The number of benzene rings is 1. The molecule has 0 aliphatic carbocycles. The van der Waals surface area contributed by atoms with E-state index in [-0.39, 0.29) is 0 Å². The highest BCUT2D eigenvalue weighted by Crippen LogP contribution is 2.12. The standard InChI is InChI=1S/C16H23N3O/c1-12-16(13(2)19(3)18-12)10-17-9-14-6-5-7-15(8-14)11-20-4/h5-8,17H,9-11H2,1-4H3. The zero-order chi connectivity index (χ0) is 14.5. The molecule has 0 aliphatic rings. The molecule has 0 bridgehead atoms. The van der Waals surface area contributed by atoms with Crippen molar-refractivity contribution in [2.24, 2.45) is 7.05 Å². The number of hydrogen-bond acceptors (Lipinski definition) is 3. The Balaban J connectivity index is 1.94. The molecule has 1 aromatic carbocycles. The van der Waals surface area contributed by atoms with Gasteiger partial charge < -0.3 is 10.1 Å². The molecule has 20 heavy (non-hydrogen) atoms. The summed E-state index contributed by atoms with van der Waals surface area (Å²) in [7, 11) is 3.71. The van der Waals surface area contributed by atoms with Gasteiger partial charge in [-0.3, -0.25) is 4.68 Å². The predicted molar refractivity (Wildman–Crippen MR) is 80.4 cm³/mol. The summed E-state index contributed by atoms with van der Waals surface area (Å²) in [5.41, 5.74) is 6.11. The summed E-state index contributed by atoms with van der Waals surface area (Å²) in [5.74, 6) is 0. The number of hydrogen-bond donors (Lipinski definition) is 1. The monoisotopic (exact) mass is 273 g/mol. The highest BCUT2D eigenvalue weighted by Gasteiger charge is 2.08. The first-order valence-corrected chi connectivity index (χ1v) is 6.88. The first-order valence-electron chi connectivity index (χ1n) is 6.88. The molecule has 0 spiro atoms. The van der Waals surface area contributed by atoms with Gasteiger partial charge in [-0.15, -0.1) is 0 Å². The van der Waals surface area contributed by atoms with Crippen molar-refractivity contribution in [2.75, 3.05) is 7.11 Å². The molecule has 4 heteroatoms. The molecule has 2 rings (SSSR count).